The predicted molar refractivity (Wildman–Crippen MR) is 116 cm³/mol. The van der Waals surface area contributed by atoms with Crippen molar-refractivity contribution >= 4 is 12.0 Å². The number of pyridine rings is 1. The Morgan fingerprint density at radius 1 is 1.18 bits per heavy atom. The molecule has 0 amide bonds. The van der Waals surface area contributed by atoms with Crippen molar-refractivity contribution < 1.29 is 17.6 Å². The van der Waals surface area contributed by atoms with Crippen LogP contribution >= 0.6 is 0 Å². The molecule has 1 saturated carbocycles. The number of hydrogen-bond acceptors (Lipinski definition) is 5. The van der Waals surface area contributed by atoms with E-state index in [2.05, 4.69) is 20.3 Å². The second kappa shape index (κ2) is 9.13. The summed E-state index contributed by atoms with van der Waals surface area (Å²) in [7, 11) is 0. The standard InChI is InChI=1S/C23H21F4N5O/c24-15-2-3-17(13-1-4-19(25)29-12-13)14(9-15)10-20-31-21(18(11-28)22(33)32-20)30-16-5-7-23(26,27)8-6-16/h1-4,9,11-12,16,28H,5-8,10H2,(H2,30,31,32,33). The number of rotatable bonds is 6. The van der Waals surface area contributed by atoms with Gasteiger partial charge in [-0.2, -0.15) is 4.39 Å². The number of H-pyrrole nitrogens is 1. The van der Waals surface area contributed by atoms with E-state index in [4.69, 9.17) is 5.41 Å². The molecule has 1 aliphatic rings. The van der Waals surface area contributed by atoms with Gasteiger partial charge >= 0.3 is 0 Å². The molecule has 3 N–H and O–H groups in total. The van der Waals surface area contributed by atoms with Crippen molar-refractivity contribution in [3.63, 3.8) is 0 Å². The van der Waals surface area contributed by atoms with Crippen LogP contribution in [0.3, 0.4) is 0 Å². The number of hydrogen-bond donors (Lipinski definition) is 3. The molecule has 0 bridgehead atoms. The maximum Gasteiger partial charge on any atom is 0.261 e. The van der Waals surface area contributed by atoms with Crippen LogP contribution in [-0.2, 0) is 6.42 Å². The van der Waals surface area contributed by atoms with Crippen LogP contribution in [0.25, 0.3) is 11.1 Å². The van der Waals surface area contributed by atoms with Crippen molar-refractivity contribution in [2.24, 2.45) is 0 Å². The molecule has 0 radical (unpaired) electrons. The molecular formula is C23H21F4N5O. The largest absolute Gasteiger partial charge is 0.367 e. The minimum Gasteiger partial charge on any atom is -0.367 e. The molecule has 172 valence electrons. The Balaban J connectivity index is 1.65. The number of aromatic nitrogens is 3. The molecule has 0 atom stereocenters. The Bertz CT molecular complexity index is 1220. The first-order valence-corrected chi connectivity index (χ1v) is 10.4. The number of nitrogens with zero attached hydrogens (tertiary/aromatic N) is 2. The highest BCUT2D eigenvalue weighted by Crippen LogP contribution is 2.34. The average molecular weight is 459 g/mol. The lowest BCUT2D eigenvalue weighted by molar-refractivity contribution is -0.0361. The summed E-state index contributed by atoms with van der Waals surface area (Å²) in [5, 5.41) is 10.6. The summed E-state index contributed by atoms with van der Waals surface area (Å²) in [6.07, 6.45) is 2.10. The van der Waals surface area contributed by atoms with Crippen molar-refractivity contribution in [2.75, 3.05) is 5.32 Å². The maximum atomic E-state index is 14.0. The predicted octanol–water partition coefficient (Wildman–Crippen LogP) is 4.69. The van der Waals surface area contributed by atoms with Crippen molar-refractivity contribution in [3.8, 4) is 11.1 Å². The fraction of sp³-hybridized carbons (Fsp3) is 0.304. The summed E-state index contributed by atoms with van der Waals surface area (Å²) >= 11 is 0. The second-order valence-electron chi connectivity index (χ2n) is 8.04. The molecule has 3 aromatic rings. The van der Waals surface area contributed by atoms with Gasteiger partial charge in [-0.3, -0.25) is 4.79 Å². The van der Waals surface area contributed by atoms with Gasteiger partial charge in [0.1, 0.15) is 17.5 Å². The summed E-state index contributed by atoms with van der Waals surface area (Å²) in [5.41, 5.74) is 1.05. The van der Waals surface area contributed by atoms with Crippen molar-refractivity contribution in [3.05, 3.63) is 75.6 Å². The van der Waals surface area contributed by atoms with E-state index in [1.54, 1.807) is 0 Å². The number of benzene rings is 1. The Morgan fingerprint density at radius 2 is 1.94 bits per heavy atom. The number of nitrogens with one attached hydrogen (secondary N) is 3. The van der Waals surface area contributed by atoms with E-state index >= 15 is 0 Å². The molecule has 1 fully saturated rings. The Morgan fingerprint density at radius 3 is 2.61 bits per heavy atom. The highest BCUT2D eigenvalue weighted by Gasteiger charge is 2.35. The van der Waals surface area contributed by atoms with Crippen LogP contribution in [0.1, 0.15) is 42.6 Å². The van der Waals surface area contributed by atoms with Gasteiger partial charge in [-0.05, 0) is 48.2 Å². The molecule has 10 heteroatoms. The van der Waals surface area contributed by atoms with E-state index in [0.717, 1.165) is 6.21 Å². The summed E-state index contributed by atoms with van der Waals surface area (Å²) in [6.45, 7) is 0. The number of aromatic amines is 1. The van der Waals surface area contributed by atoms with Crippen LogP contribution in [0, 0.1) is 17.2 Å². The molecular weight excluding hydrogens is 438 g/mol. The molecule has 0 saturated heterocycles. The average Bonchev–Trinajstić information content (AvgIpc) is 2.76. The summed E-state index contributed by atoms with van der Waals surface area (Å²) in [6, 6.07) is 6.49. The third kappa shape index (κ3) is 5.27. The van der Waals surface area contributed by atoms with Crippen LogP contribution in [-0.4, -0.2) is 33.1 Å². The normalized spacial score (nSPS) is 15.9. The van der Waals surface area contributed by atoms with E-state index < -0.39 is 23.2 Å². The monoisotopic (exact) mass is 459 g/mol. The lowest BCUT2D eigenvalue weighted by Crippen LogP contribution is -2.33. The van der Waals surface area contributed by atoms with Gasteiger partial charge in [0.05, 0.1) is 5.56 Å². The smallest absolute Gasteiger partial charge is 0.261 e. The summed E-state index contributed by atoms with van der Waals surface area (Å²) in [5.74, 6) is -3.51. The minimum absolute atomic E-state index is 0.0155. The van der Waals surface area contributed by atoms with Crippen LogP contribution in [0.5, 0.6) is 0 Å². The zero-order valence-corrected chi connectivity index (χ0v) is 17.5. The molecule has 0 spiro atoms. The van der Waals surface area contributed by atoms with Gasteiger partial charge in [0, 0.05) is 43.3 Å². The fourth-order valence-electron chi connectivity index (χ4n) is 3.94. The fourth-order valence-corrected chi connectivity index (χ4v) is 3.94. The lowest BCUT2D eigenvalue weighted by atomic mass is 9.92. The van der Waals surface area contributed by atoms with Gasteiger partial charge in [-0.25, -0.2) is 23.1 Å². The number of halogens is 4. The molecule has 0 unspecified atom stereocenters. The van der Waals surface area contributed by atoms with Crippen LogP contribution in [0.2, 0.25) is 0 Å². The number of anilines is 1. The Hall–Kier alpha value is -3.56. The van der Waals surface area contributed by atoms with Crippen molar-refractivity contribution in [2.45, 2.75) is 44.1 Å². The van der Waals surface area contributed by atoms with Crippen LogP contribution in [0.4, 0.5) is 23.4 Å². The molecule has 1 aliphatic carbocycles. The SMILES string of the molecule is N=Cc1c(NC2CCC(F)(F)CC2)nc(Cc2cc(F)ccc2-c2ccc(F)nc2)[nH]c1=O. The van der Waals surface area contributed by atoms with E-state index in [1.165, 1.54) is 36.5 Å². The summed E-state index contributed by atoms with van der Waals surface area (Å²) < 4.78 is 54.2. The molecule has 0 aliphatic heterocycles. The van der Waals surface area contributed by atoms with E-state index in [-0.39, 0.29) is 55.4 Å². The zero-order chi connectivity index (χ0) is 23.6. The van der Waals surface area contributed by atoms with E-state index in [1.807, 2.05) is 0 Å². The first-order chi connectivity index (χ1) is 15.7. The quantitative estimate of drug-likeness (QED) is 0.283. The molecule has 4 rings (SSSR count). The summed E-state index contributed by atoms with van der Waals surface area (Å²) in [4.78, 5) is 23.2. The molecule has 33 heavy (non-hydrogen) atoms. The molecule has 2 aromatic heterocycles. The van der Waals surface area contributed by atoms with Crippen LogP contribution in [0.15, 0.2) is 41.3 Å². The topological polar surface area (TPSA) is 94.5 Å². The van der Waals surface area contributed by atoms with E-state index in [9.17, 15) is 22.4 Å². The van der Waals surface area contributed by atoms with Crippen LogP contribution < -0.4 is 10.9 Å². The second-order valence-corrected chi connectivity index (χ2v) is 8.04. The van der Waals surface area contributed by atoms with Gasteiger partial charge < -0.3 is 15.7 Å². The lowest BCUT2D eigenvalue weighted by Gasteiger charge is -2.29. The van der Waals surface area contributed by atoms with Gasteiger partial charge in [-0.1, -0.05) is 6.07 Å². The van der Waals surface area contributed by atoms with Gasteiger partial charge in [0.25, 0.3) is 5.56 Å². The van der Waals surface area contributed by atoms with Gasteiger partial charge in [0.2, 0.25) is 11.9 Å². The maximum absolute atomic E-state index is 14.0. The minimum atomic E-state index is -2.70. The first-order valence-electron chi connectivity index (χ1n) is 10.4. The van der Waals surface area contributed by atoms with Crippen molar-refractivity contribution in [1.82, 2.24) is 15.0 Å². The van der Waals surface area contributed by atoms with E-state index in [0.29, 0.717) is 16.7 Å². The molecule has 2 heterocycles. The van der Waals surface area contributed by atoms with Gasteiger partial charge in [-0.15, -0.1) is 0 Å². The zero-order valence-electron chi connectivity index (χ0n) is 17.5. The number of alkyl halides is 2. The van der Waals surface area contributed by atoms with Crippen molar-refractivity contribution in [1.29, 1.82) is 5.41 Å². The molecule has 6 nitrogen and oxygen atoms in total. The Labute approximate surface area is 186 Å². The Kier molecular flexibility index (Phi) is 6.26. The molecule has 1 aromatic carbocycles. The highest BCUT2D eigenvalue weighted by molar-refractivity contribution is 5.83. The first kappa shape index (κ1) is 22.6. The highest BCUT2D eigenvalue weighted by atomic mass is 19.3. The third-order valence-electron chi connectivity index (χ3n) is 5.67. The van der Waals surface area contributed by atoms with Gasteiger partial charge in [0.15, 0.2) is 0 Å². The third-order valence-corrected chi connectivity index (χ3v) is 5.67.